The number of nitrogens with one attached hydrogen (secondary N) is 1. The summed E-state index contributed by atoms with van der Waals surface area (Å²) in [5.74, 6) is -0.492. The molecular formula is C13H7N3O3. The predicted octanol–water partition coefficient (Wildman–Crippen LogP) is 0.718. The highest BCUT2D eigenvalue weighted by atomic mass is 16.3. The van der Waals surface area contributed by atoms with E-state index in [0.717, 1.165) is 10.5 Å². The van der Waals surface area contributed by atoms with Gasteiger partial charge in [0, 0.05) is 6.07 Å². The van der Waals surface area contributed by atoms with Crippen LogP contribution in [0.15, 0.2) is 39.9 Å². The minimum absolute atomic E-state index is 0.147. The van der Waals surface area contributed by atoms with Gasteiger partial charge in [-0.15, -0.1) is 0 Å². The summed E-state index contributed by atoms with van der Waals surface area (Å²) in [7, 11) is 0. The van der Waals surface area contributed by atoms with Gasteiger partial charge in [-0.05, 0) is 12.1 Å². The van der Waals surface area contributed by atoms with Gasteiger partial charge in [0.2, 0.25) is 0 Å². The van der Waals surface area contributed by atoms with E-state index in [1.54, 1.807) is 30.3 Å². The number of hydrogen-bond acceptors (Lipinski definition) is 4. The molecule has 0 saturated carbocycles. The summed E-state index contributed by atoms with van der Waals surface area (Å²) in [6.45, 7) is 0. The van der Waals surface area contributed by atoms with E-state index in [9.17, 15) is 14.7 Å². The van der Waals surface area contributed by atoms with Crippen molar-refractivity contribution in [1.29, 1.82) is 5.26 Å². The van der Waals surface area contributed by atoms with E-state index in [1.807, 2.05) is 0 Å². The third-order valence-corrected chi connectivity index (χ3v) is 2.92. The second kappa shape index (κ2) is 3.71. The fourth-order valence-corrected chi connectivity index (χ4v) is 2.12. The molecule has 0 aliphatic heterocycles. The zero-order chi connectivity index (χ0) is 13.6. The molecule has 6 nitrogen and oxygen atoms in total. The Labute approximate surface area is 105 Å². The van der Waals surface area contributed by atoms with E-state index in [2.05, 4.69) is 4.98 Å². The quantitative estimate of drug-likeness (QED) is 0.576. The van der Waals surface area contributed by atoms with E-state index in [1.165, 1.54) is 0 Å². The molecule has 0 atom stereocenters. The molecule has 92 valence electrons. The highest BCUT2D eigenvalue weighted by Gasteiger charge is 2.14. The van der Waals surface area contributed by atoms with Crippen LogP contribution in [0.2, 0.25) is 0 Å². The molecule has 2 aromatic heterocycles. The third kappa shape index (κ3) is 1.42. The Morgan fingerprint density at radius 1 is 1.26 bits per heavy atom. The molecule has 2 N–H and O–H groups in total. The van der Waals surface area contributed by atoms with Gasteiger partial charge in [-0.2, -0.15) is 5.26 Å². The number of aromatic amines is 1. The Morgan fingerprint density at radius 2 is 2.00 bits per heavy atom. The Hall–Kier alpha value is -3.07. The maximum atomic E-state index is 12.0. The minimum atomic E-state index is -0.594. The number of benzene rings is 1. The van der Waals surface area contributed by atoms with Gasteiger partial charge in [0.05, 0.1) is 11.0 Å². The summed E-state index contributed by atoms with van der Waals surface area (Å²) in [4.78, 5) is 26.6. The molecule has 0 bridgehead atoms. The number of H-pyrrole nitrogens is 1. The Morgan fingerprint density at radius 3 is 2.74 bits per heavy atom. The largest absolute Gasteiger partial charge is 0.506 e. The lowest BCUT2D eigenvalue weighted by molar-refractivity contribution is 0.472. The number of fused-ring (bicyclic) bond motifs is 3. The molecule has 2 heterocycles. The number of nitriles is 1. The van der Waals surface area contributed by atoms with Gasteiger partial charge in [-0.1, -0.05) is 12.1 Å². The van der Waals surface area contributed by atoms with Crippen LogP contribution >= 0.6 is 0 Å². The highest BCUT2D eigenvalue weighted by molar-refractivity contribution is 5.80. The average molecular weight is 253 g/mol. The summed E-state index contributed by atoms with van der Waals surface area (Å²) in [5.41, 5.74) is -0.565. The molecule has 0 unspecified atom stereocenters. The second-order valence-electron chi connectivity index (χ2n) is 4.01. The first-order valence-electron chi connectivity index (χ1n) is 5.43. The first-order valence-corrected chi connectivity index (χ1v) is 5.43. The molecule has 1 aromatic carbocycles. The van der Waals surface area contributed by atoms with Gasteiger partial charge >= 0.3 is 0 Å². The van der Waals surface area contributed by atoms with E-state index in [4.69, 9.17) is 5.26 Å². The lowest BCUT2D eigenvalue weighted by Gasteiger charge is -2.07. The molecule has 19 heavy (non-hydrogen) atoms. The zero-order valence-corrected chi connectivity index (χ0v) is 9.54. The fraction of sp³-hybridized carbons (Fsp3) is 0. The van der Waals surface area contributed by atoms with Crippen molar-refractivity contribution in [3.8, 4) is 11.8 Å². The van der Waals surface area contributed by atoms with Crippen LogP contribution in [0, 0.1) is 11.3 Å². The molecule has 0 spiro atoms. The molecule has 0 amide bonds. The van der Waals surface area contributed by atoms with Crippen molar-refractivity contribution in [3.05, 3.63) is 56.6 Å². The van der Waals surface area contributed by atoms with E-state index in [-0.39, 0.29) is 11.1 Å². The molecule has 0 saturated heterocycles. The van der Waals surface area contributed by atoms with E-state index < -0.39 is 16.9 Å². The van der Waals surface area contributed by atoms with Gasteiger partial charge in [0.25, 0.3) is 11.1 Å². The van der Waals surface area contributed by atoms with Crippen LogP contribution in [0.3, 0.4) is 0 Å². The van der Waals surface area contributed by atoms with E-state index in [0.29, 0.717) is 11.0 Å². The topological polar surface area (TPSA) is 98.4 Å². The Kier molecular flexibility index (Phi) is 2.16. The van der Waals surface area contributed by atoms with Crippen molar-refractivity contribution in [1.82, 2.24) is 9.38 Å². The monoisotopic (exact) mass is 253 g/mol. The summed E-state index contributed by atoms with van der Waals surface area (Å²) < 4.78 is 1.13. The van der Waals surface area contributed by atoms with Gasteiger partial charge in [-0.25, -0.2) is 0 Å². The number of rotatable bonds is 0. The lowest BCUT2D eigenvalue weighted by Crippen LogP contribution is -2.22. The standard InChI is InChI=1S/C13H7N3O3/c14-6-7-10(17)5-11(18)16-9-4-2-1-3-8(9)15-13(19)12(7)16/h1-5,17H,(H,15,19). The number of nitrogens with zero attached hydrogens (tertiary/aromatic N) is 2. The third-order valence-electron chi connectivity index (χ3n) is 2.92. The first-order chi connectivity index (χ1) is 9.13. The van der Waals surface area contributed by atoms with Crippen LogP contribution in [0.25, 0.3) is 16.6 Å². The molecule has 0 radical (unpaired) electrons. The molecule has 0 aliphatic carbocycles. The molecule has 3 aromatic rings. The lowest BCUT2D eigenvalue weighted by atomic mass is 10.2. The first kappa shape index (κ1) is 11.0. The van der Waals surface area contributed by atoms with Crippen molar-refractivity contribution in [2.45, 2.75) is 0 Å². The Bertz CT molecular complexity index is 976. The predicted molar refractivity (Wildman–Crippen MR) is 68.2 cm³/mol. The zero-order valence-electron chi connectivity index (χ0n) is 9.54. The van der Waals surface area contributed by atoms with Gasteiger partial charge < -0.3 is 10.1 Å². The number of hydrogen-bond donors (Lipinski definition) is 2. The van der Waals surface area contributed by atoms with Crippen LogP contribution in [0.1, 0.15) is 5.56 Å². The number of para-hydroxylation sites is 2. The number of aromatic nitrogens is 2. The fourth-order valence-electron chi connectivity index (χ4n) is 2.12. The van der Waals surface area contributed by atoms with Crippen molar-refractivity contribution in [3.63, 3.8) is 0 Å². The number of pyridine rings is 1. The average Bonchev–Trinajstić information content (AvgIpc) is 2.39. The van der Waals surface area contributed by atoms with Crippen molar-refractivity contribution >= 4 is 16.6 Å². The molecule has 3 rings (SSSR count). The van der Waals surface area contributed by atoms with Gasteiger partial charge in [-0.3, -0.25) is 14.0 Å². The minimum Gasteiger partial charge on any atom is -0.506 e. The summed E-state index contributed by atoms with van der Waals surface area (Å²) in [6, 6.07) is 9.41. The summed E-state index contributed by atoms with van der Waals surface area (Å²) in [6.07, 6.45) is 0. The van der Waals surface area contributed by atoms with Gasteiger partial charge in [0.1, 0.15) is 22.9 Å². The highest BCUT2D eigenvalue weighted by Crippen LogP contribution is 2.18. The van der Waals surface area contributed by atoms with Crippen LogP contribution < -0.4 is 11.1 Å². The van der Waals surface area contributed by atoms with Crippen molar-refractivity contribution in [2.24, 2.45) is 0 Å². The molecule has 6 heteroatoms. The van der Waals surface area contributed by atoms with E-state index >= 15 is 0 Å². The van der Waals surface area contributed by atoms with Crippen LogP contribution in [0.4, 0.5) is 0 Å². The SMILES string of the molecule is N#Cc1c(O)cc(=O)n2c1c(=O)[nH]c1ccccc12. The van der Waals surface area contributed by atoms with Crippen molar-refractivity contribution in [2.75, 3.05) is 0 Å². The van der Waals surface area contributed by atoms with Gasteiger partial charge in [0.15, 0.2) is 0 Å². The molecule has 0 aliphatic rings. The van der Waals surface area contributed by atoms with Crippen LogP contribution in [0.5, 0.6) is 5.75 Å². The normalized spacial score (nSPS) is 10.7. The van der Waals surface area contributed by atoms with Crippen molar-refractivity contribution < 1.29 is 5.11 Å². The maximum absolute atomic E-state index is 12.0. The maximum Gasteiger partial charge on any atom is 0.274 e. The molecular weight excluding hydrogens is 246 g/mol. The van der Waals surface area contributed by atoms with Crippen LogP contribution in [-0.2, 0) is 0 Å². The summed E-state index contributed by atoms with van der Waals surface area (Å²) in [5, 5.41) is 18.6. The molecule has 0 fully saturated rings. The second-order valence-corrected chi connectivity index (χ2v) is 4.01. The summed E-state index contributed by atoms with van der Waals surface area (Å²) >= 11 is 0. The van der Waals surface area contributed by atoms with Crippen LogP contribution in [-0.4, -0.2) is 14.5 Å². The number of aromatic hydroxyl groups is 1. The Balaban J connectivity index is 2.80. The smallest absolute Gasteiger partial charge is 0.274 e.